The molecule has 16 N–H and O–H groups in total. The van der Waals surface area contributed by atoms with E-state index < -0.39 is 126 Å². The Morgan fingerprint density at radius 1 is 0.391 bits per heavy atom. The van der Waals surface area contributed by atoms with Gasteiger partial charge in [-0.3, -0.25) is 23.4 Å². The third-order valence-corrected chi connectivity index (χ3v) is 14.8. The maximum atomic E-state index is 12.6. The molecule has 3 rings (SSSR count). The molecule has 15 unspecified atom stereocenters. The molecule has 0 aliphatic carbocycles. The molecule has 3 amide bonds. The van der Waals surface area contributed by atoms with Crippen LogP contribution in [0.15, 0.2) is 0 Å². The highest BCUT2D eigenvalue weighted by Crippen LogP contribution is 2.38. The zero-order valence-electron chi connectivity index (χ0n) is 51.8. The molecule has 3 aliphatic heterocycles. The Hall–Kier alpha value is -2.33. The first-order valence-corrected chi connectivity index (χ1v) is 33.1. The summed E-state index contributed by atoms with van der Waals surface area (Å²) in [5, 5.41) is 99.2. The number of methoxy groups -OCH3 is 1. The molecule has 92 heavy (non-hydrogen) atoms. The number of phosphoric ester groups is 2. The number of aliphatic hydroxyl groups is 9. The maximum Gasteiger partial charge on any atom is 0.469 e. The second-order valence-electron chi connectivity index (χ2n) is 21.5. The van der Waals surface area contributed by atoms with Gasteiger partial charge in [0.1, 0.15) is 73.2 Å². The third-order valence-electron chi connectivity index (χ3n) is 13.8. The van der Waals surface area contributed by atoms with Gasteiger partial charge < -0.3 is 153 Å². The molecule has 0 aromatic rings. The Labute approximate surface area is 532 Å². The molecule has 38 nitrogen and oxygen atoms in total. The maximum absolute atomic E-state index is 12.6. The number of aliphatic hydroxyl groups excluding tert-OH is 9. The Balaban J connectivity index is 1.29. The molecule has 40 heteroatoms. The molecule has 0 aromatic carbocycles. The number of carbonyl (C=O) groups is 3. The molecule has 0 radical (unpaired) electrons. The van der Waals surface area contributed by atoms with E-state index in [1.54, 1.807) is 0 Å². The van der Waals surface area contributed by atoms with Crippen molar-refractivity contribution in [2.75, 3.05) is 172 Å². The van der Waals surface area contributed by atoms with Crippen LogP contribution in [-0.4, -0.2) is 347 Å². The highest BCUT2D eigenvalue weighted by molar-refractivity contribution is 7.46. The fraction of sp³-hybridized carbons (Fsp3) is 0.942. The van der Waals surface area contributed by atoms with Crippen LogP contribution in [0, 0.1) is 5.41 Å². The fourth-order valence-corrected chi connectivity index (χ4v) is 9.44. The summed E-state index contributed by atoms with van der Waals surface area (Å²) in [7, 11) is -8.39. The average Bonchev–Trinajstić information content (AvgIpc) is 0.889. The van der Waals surface area contributed by atoms with Crippen molar-refractivity contribution >= 4 is 33.4 Å². The quantitative estimate of drug-likeness (QED) is 0.0199. The molecule has 3 fully saturated rings. The van der Waals surface area contributed by atoms with E-state index in [1.165, 1.54) is 7.11 Å². The molecule has 3 saturated heterocycles. The lowest BCUT2D eigenvalue weighted by Gasteiger charge is -2.40. The first kappa shape index (κ1) is 83.9. The lowest BCUT2D eigenvalue weighted by atomic mass is 9.86. The van der Waals surface area contributed by atoms with E-state index in [1.807, 2.05) is 6.92 Å². The number of ether oxygens (including phenoxy) is 15. The Morgan fingerprint density at radius 2 is 0.696 bits per heavy atom. The van der Waals surface area contributed by atoms with E-state index >= 15 is 0 Å². The van der Waals surface area contributed by atoms with Crippen LogP contribution < -0.4 is 16.0 Å². The largest absolute Gasteiger partial charge is 0.469 e. The fourth-order valence-electron chi connectivity index (χ4n) is 8.76. The zero-order valence-corrected chi connectivity index (χ0v) is 53.6. The van der Waals surface area contributed by atoms with Crippen molar-refractivity contribution < 1.29 is 169 Å². The van der Waals surface area contributed by atoms with Gasteiger partial charge in [-0.1, -0.05) is 13.3 Å². The minimum absolute atomic E-state index is 0.00389. The number of carbonyl (C=O) groups excluding carboxylic acids is 3. The van der Waals surface area contributed by atoms with Crippen molar-refractivity contribution in [1.82, 2.24) is 16.0 Å². The smallest absolute Gasteiger partial charge is 0.387 e. The van der Waals surface area contributed by atoms with Gasteiger partial charge in [0.15, 0.2) is 18.9 Å². The van der Waals surface area contributed by atoms with Crippen LogP contribution in [0.1, 0.15) is 45.4 Å². The van der Waals surface area contributed by atoms with Crippen molar-refractivity contribution in [3.8, 4) is 0 Å². The van der Waals surface area contributed by atoms with Crippen molar-refractivity contribution in [1.29, 1.82) is 0 Å². The van der Waals surface area contributed by atoms with Gasteiger partial charge in [0, 0.05) is 51.4 Å². The van der Waals surface area contributed by atoms with Crippen molar-refractivity contribution in [2.45, 2.75) is 138 Å². The summed E-state index contributed by atoms with van der Waals surface area (Å²) in [5.74, 6) is -0.757. The monoisotopic (exact) mass is 1390 g/mol. The molecular formula is C52H99N3O35P2. The van der Waals surface area contributed by atoms with Gasteiger partial charge in [0.25, 0.3) is 0 Å². The van der Waals surface area contributed by atoms with Crippen LogP contribution in [0.3, 0.4) is 0 Å². The van der Waals surface area contributed by atoms with Gasteiger partial charge in [-0.15, -0.1) is 0 Å². The Bertz CT molecular complexity index is 1980. The molecule has 0 spiro atoms. The van der Waals surface area contributed by atoms with Gasteiger partial charge in [0.2, 0.25) is 17.7 Å². The van der Waals surface area contributed by atoms with Gasteiger partial charge >= 0.3 is 15.6 Å². The van der Waals surface area contributed by atoms with Gasteiger partial charge in [-0.2, -0.15) is 0 Å². The van der Waals surface area contributed by atoms with E-state index in [0.29, 0.717) is 19.3 Å². The molecule has 3 aliphatic rings. The normalized spacial score (nSPS) is 27.8. The van der Waals surface area contributed by atoms with Crippen LogP contribution >= 0.6 is 15.6 Å². The first-order chi connectivity index (χ1) is 43.8. The SMILES string of the molecule is COCC1OC(OCCOCCOCCNC(=O)CCCCC(C)(COCCC(=O)NCCOCCOCCOC2OC(COP(=O)(O)O)C(O)C(O)C2O)COCCC(=O)NCCOCCOCCOC2OC(COP(=O)(O)O)C(O)C(O)C2O)C(O)C(O)C1O. The van der Waals surface area contributed by atoms with Gasteiger partial charge in [-0.05, 0) is 12.8 Å². The summed E-state index contributed by atoms with van der Waals surface area (Å²) in [5.41, 5.74) is -0.573. The molecule has 15 atom stereocenters. The standard InChI is InChI=1S/C52H99N3O35P2/c1-52(8-4-3-5-37(56)53-9-14-75-17-20-78-23-26-83-49-46(65)43(62)40(59)34(88-49)29-74-2,32-81-12-6-38(57)54-10-15-76-18-21-79-24-27-84-50-47(66)44(63)41(60)35(89-50)30-86-91(68,69)70)33-82-13-7-39(58)55-11-16-77-19-22-80-25-28-85-51-48(67)45(64)42(61)36(90-51)31-87-92(71,72)73/h34-36,40-51,59-67H,3-33H2,1-2H3,(H,53,56)(H,54,57)(H,55,58)(H2,68,69,70)(H2,71,72,73). The minimum atomic E-state index is -4.90. The van der Waals surface area contributed by atoms with Crippen molar-refractivity contribution in [2.24, 2.45) is 5.41 Å². The van der Waals surface area contributed by atoms with Crippen molar-refractivity contribution in [3.05, 3.63) is 0 Å². The first-order valence-electron chi connectivity index (χ1n) is 30.0. The molecule has 0 bridgehead atoms. The highest BCUT2D eigenvalue weighted by atomic mass is 31.2. The van der Waals surface area contributed by atoms with E-state index in [4.69, 9.17) is 90.6 Å². The van der Waals surface area contributed by atoms with Gasteiger partial charge in [0.05, 0.1) is 145 Å². The third kappa shape index (κ3) is 35.8. The van der Waals surface area contributed by atoms with Crippen LogP contribution in [0.4, 0.5) is 0 Å². The lowest BCUT2D eigenvalue weighted by Crippen LogP contribution is -2.59. The van der Waals surface area contributed by atoms with Crippen LogP contribution in [0.25, 0.3) is 0 Å². The highest BCUT2D eigenvalue weighted by Gasteiger charge is 2.47. The Morgan fingerprint density at radius 3 is 1.02 bits per heavy atom. The molecule has 0 saturated carbocycles. The number of phosphoric acid groups is 2. The molecule has 542 valence electrons. The Kier molecular flexibility index (Phi) is 42.7. The summed E-state index contributed by atoms with van der Waals surface area (Å²) in [6.45, 7) is 3.04. The summed E-state index contributed by atoms with van der Waals surface area (Å²) < 4.78 is 113. The summed E-state index contributed by atoms with van der Waals surface area (Å²) in [4.78, 5) is 73.5. The number of amides is 3. The summed E-state index contributed by atoms with van der Waals surface area (Å²) in [6, 6.07) is 0. The van der Waals surface area contributed by atoms with E-state index in [9.17, 15) is 69.5 Å². The number of unbranched alkanes of at least 4 members (excludes halogenated alkanes) is 1. The minimum Gasteiger partial charge on any atom is -0.387 e. The molecular weight excluding hydrogens is 1290 g/mol. The number of hydrogen-bond acceptors (Lipinski definition) is 31. The number of nitrogens with one attached hydrogen (secondary N) is 3. The number of rotatable bonds is 53. The predicted octanol–water partition coefficient (Wildman–Crippen LogP) is -6.85. The topological polar surface area (TPSA) is 541 Å². The van der Waals surface area contributed by atoms with Crippen LogP contribution in [0.2, 0.25) is 0 Å². The average molecular weight is 1390 g/mol. The van der Waals surface area contributed by atoms with E-state index in [-0.39, 0.29) is 189 Å². The lowest BCUT2D eigenvalue weighted by molar-refractivity contribution is -0.303. The second kappa shape index (κ2) is 46.8. The summed E-state index contributed by atoms with van der Waals surface area (Å²) >= 11 is 0. The number of hydrogen-bond donors (Lipinski definition) is 16. The zero-order chi connectivity index (χ0) is 68.0. The van der Waals surface area contributed by atoms with Crippen LogP contribution in [0.5, 0.6) is 0 Å². The predicted molar refractivity (Wildman–Crippen MR) is 307 cm³/mol. The van der Waals surface area contributed by atoms with E-state index in [0.717, 1.165) is 0 Å². The molecule has 3 heterocycles. The summed E-state index contributed by atoms with van der Waals surface area (Å²) in [6.07, 6.45) is -20.2. The molecule has 0 aromatic heterocycles. The van der Waals surface area contributed by atoms with Crippen molar-refractivity contribution in [3.63, 3.8) is 0 Å². The van der Waals surface area contributed by atoms with E-state index in [2.05, 4.69) is 25.0 Å². The second-order valence-corrected chi connectivity index (χ2v) is 24.0. The van der Waals surface area contributed by atoms with Gasteiger partial charge in [-0.25, -0.2) is 9.13 Å². The van der Waals surface area contributed by atoms with Crippen LogP contribution in [-0.2, 0) is 104 Å².